The molecule has 1 aliphatic heterocycles. The van der Waals surface area contributed by atoms with Crippen LogP contribution in [0.1, 0.15) is 203 Å². The lowest BCUT2D eigenvalue weighted by Crippen LogP contribution is -2.48. The number of unbranched alkanes of at least 4 members (excludes halogenated alkanes) is 9. The summed E-state index contributed by atoms with van der Waals surface area (Å²) in [6, 6.07) is 0. The molecule has 1 saturated heterocycles. The fourth-order valence-corrected chi connectivity index (χ4v) is 13.3. The van der Waals surface area contributed by atoms with E-state index in [0.717, 1.165) is 87.8 Å². The molecule has 0 aromatic heterocycles. The van der Waals surface area contributed by atoms with Crippen molar-refractivity contribution in [3.05, 3.63) is 24.3 Å². The summed E-state index contributed by atoms with van der Waals surface area (Å²) >= 11 is 0. The molecule has 0 spiro atoms. The van der Waals surface area contributed by atoms with Gasteiger partial charge in [0.25, 0.3) is 0 Å². The van der Waals surface area contributed by atoms with Gasteiger partial charge >= 0.3 is 0 Å². The smallest absolute Gasteiger partial charge is 0.0936 e. The van der Waals surface area contributed by atoms with E-state index in [1.807, 2.05) is 0 Å². The van der Waals surface area contributed by atoms with Crippen molar-refractivity contribution in [3.8, 4) is 0 Å². The van der Waals surface area contributed by atoms with Gasteiger partial charge in [0, 0.05) is 26.2 Å². The van der Waals surface area contributed by atoms with E-state index in [-0.39, 0.29) is 6.10 Å². The van der Waals surface area contributed by atoms with Crippen LogP contribution < -0.4 is 0 Å². The van der Waals surface area contributed by atoms with Gasteiger partial charge in [-0.1, -0.05) is 137 Å². The second kappa shape index (κ2) is 36.1. The summed E-state index contributed by atoms with van der Waals surface area (Å²) in [7, 11) is 0. The lowest BCUT2D eigenvalue weighted by Gasteiger charge is -2.56. The van der Waals surface area contributed by atoms with Gasteiger partial charge in [-0.15, -0.1) is 0 Å². The van der Waals surface area contributed by atoms with Crippen molar-refractivity contribution in [2.75, 3.05) is 98.9 Å². The summed E-state index contributed by atoms with van der Waals surface area (Å²) in [4.78, 5) is 2.43. The fourth-order valence-electron chi connectivity index (χ4n) is 13.3. The highest BCUT2D eigenvalue weighted by molar-refractivity contribution is 5.06. The Hall–Kier alpha value is -0.840. The second-order valence-corrected chi connectivity index (χ2v) is 22.9. The fraction of sp³-hybridized carbons (Fsp3) is 0.933. The van der Waals surface area contributed by atoms with Crippen LogP contribution in [-0.4, -0.2) is 116 Å². The van der Waals surface area contributed by atoms with E-state index in [1.165, 1.54) is 141 Å². The van der Waals surface area contributed by atoms with Crippen molar-refractivity contribution in [2.24, 2.45) is 46.3 Å². The number of fused-ring (bicyclic) bond motifs is 1. The first-order valence-corrected chi connectivity index (χ1v) is 29.3. The van der Waals surface area contributed by atoms with Crippen LogP contribution >= 0.6 is 0 Å². The minimum atomic E-state index is 0.0438. The number of hydrogen-bond acceptors (Lipinski definition) is 8. The van der Waals surface area contributed by atoms with Crippen LogP contribution in [0.25, 0.3) is 0 Å². The maximum atomic E-state index is 6.39. The van der Waals surface area contributed by atoms with Crippen LogP contribution in [0.2, 0.25) is 0 Å². The third-order valence-corrected chi connectivity index (χ3v) is 17.3. The molecule has 1 unspecified atom stereocenters. The Bertz CT molecular complexity index is 1260. The van der Waals surface area contributed by atoms with E-state index >= 15 is 0 Å². The van der Waals surface area contributed by atoms with Crippen LogP contribution in [-0.2, 0) is 33.2 Å². The molecule has 8 heteroatoms. The molecule has 0 N–H and O–H groups in total. The van der Waals surface area contributed by atoms with Gasteiger partial charge in [0.15, 0.2) is 0 Å². The number of nitrogens with zero attached hydrogens (tertiary/aromatic N) is 1. The quantitative estimate of drug-likeness (QED) is 0.0444. The summed E-state index contributed by atoms with van der Waals surface area (Å²) in [6.45, 7) is 28.0. The van der Waals surface area contributed by atoms with Crippen molar-refractivity contribution in [3.63, 3.8) is 0 Å². The zero-order chi connectivity index (χ0) is 48.6. The standard InChI is InChI=1S/C60H111NO7/c1-8-10-11-12-13-14-15-16-17-18-19-20-21-22-23-24-38-66-50-54(49-61-36-39-62-40-37-61)68-48-46-65-44-42-63-41-43-64-45-47-67-53-30-33-59(6,34-31-53)57-32-35-60(7)56(28-29-58(60)55(57)9-2)52(5)27-25-26-51(3)4/h13-14,16-17,51-58H,8-12,15,18-50H2,1-7H3/b14-13-,17-16-/t52-,53-,54?,55-,56-,57+,58+,59-,60-/m1/s1. The van der Waals surface area contributed by atoms with E-state index in [2.05, 4.69) is 77.7 Å². The second-order valence-electron chi connectivity index (χ2n) is 22.9. The molecular formula is C60H111NO7. The highest BCUT2D eigenvalue weighted by atomic mass is 16.6. The molecule has 0 amide bonds. The zero-order valence-corrected chi connectivity index (χ0v) is 45.8. The molecule has 0 aromatic rings. The van der Waals surface area contributed by atoms with E-state index < -0.39 is 0 Å². The Kier molecular flexibility index (Phi) is 31.7. The maximum Gasteiger partial charge on any atom is 0.0936 e. The monoisotopic (exact) mass is 958 g/mol. The van der Waals surface area contributed by atoms with Crippen LogP contribution in [0.3, 0.4) is 0 Å². The van der Waals surface area contributed by atoms with Crippen molar-refractivity contribution in [1.82, 2.24) is 4.90 Å². The molecule has 7 atom stereocenters. The Morgan fingerprint density at radius 1 is 0.603 bits per heavy atom. The molecule has 0 bridgehead atoms. The molecule has 0 radical (unpaired) electrons. The van der Waals surface area contributed by atoms with E-state index in [4.69, 9.17) is 33.2 Å². The molecule has 4 aliphatic rings. The average molecular weight is 959 g/mol. The van der Waals surface area contributed by atoms with Gasteiger partial charge in [0.2, 0.25) is 0 Å². The highest BCUT2D eigenvalue weighted by Crippen LogP contribution is 2.65. The predicted octanol–water partition coefficient (Wildman–Crippen LogP) is 14.5. The van der Waals surface area contributed by atoms with Crippen molar-refractivity contribution in [1.29, 1.82) is 0 Å². The topological polar surface area (TPSA) is 67.9 Å². The van der Waals surface area contributed by atoms with Crippen molar-refractivity contribution in [2.45, 2.75) is 215 Å². The van der Waals surface area contributed by atoms with Crippen LogP contribution in [0.15, 0.2) is 24.3 Å². The lowest BCUT2D eigenvalue weighted by molar-refractivity contribution is -0.0851. The summed E-state index contributed by atoms with van der Waals surface area (Å²) in [5.41, 5.74) is 1.03. The number of allylic oxidation sites excluding steroid dienone is 4. The first-order chi connectivity index (χ1) is 33.2. The number of hydrogen-bond donors (Lipinski definition) is 0. The molecule has 68 heavy (non-hydrogen) atoms. The molecule has 398 valence electrons. The maximum absolute atomic E-state index is 6.39. The molecule has 4 fully saturated rings. The van der Waals surface area contributed by atoms with Gasteiger partial charge in [-0.3, -0.25) is 4.90 Å². The lowest BCUT2D eigenvalue weighted by atomic mass is 9.50. The summed E-state index contributed by atoms with van der Waals surface area (Å²) in [6.07, 6.45) is 41.4. The molecular weight excluding hydrogens is 847 g/mol. The van der Waals surface area contributed by atoms with Crippen molar-refractivity contribution >= 4 is 0 Å². The molecule has 1 heterocycles. The van der Waals surface area contributed by atoms with Gasteiger partial charge in [-0.25, -0.2) is 0 Å². The van der Waals surface area contributed by atoms with Crippen LogP contribution in [0.5, 0.6) is 0 Å². The molecule has 4 rings (SSSR count). The van der Waals surface area contributed by atoms with Crippen LogP contribution in [0, 0.1) is 46.3 Å². The summed E-state index contributed by atoms with van der Waals surface area (Å²) in [5.74, 6) is 5.36. The third kappa shape index (κ3) is 22.9. The molecule has 3 saturated carbocycles. The van der Waals surface area contributed by atoms with E-state index in [9.17, 15) is 0 Å². The normalized spacial score (nSPS) is 28.0. The minimum Gasteiger partial charge on any atom is -0.379 e. The average Bonchev–Trinajstić information content (AvgIpc) is 3.70. The van der Waals surface area contributed by atoms with Crippen molar-refractivity contribution < 1.29 is 33.2 Å². The van der Waals surface area contributed by atoms with Gasteiger partial charge < -0.3 is 33.2 Å². The zero-order valence-electron chi connectivity index (χ0n) is 45.8. The Labute approximate surface area is 420 Å². The third-order valence-electron chi connectivity index (χ3n) is 17.3. The summed E-state index contributed by atoms with van der Waals surface area (Å²) in [5, 5.41) is 0. The number of ether oxygens (including phenoxy) is 7. The SMILES string of the molecule is CCCCC/C=C\C/C=C\CCCCCCCCOCC(CN1CCOCC1)OCCOCCOCCOCCO[C@H]1CC[C@](C)([C@H]2CC[C@]3(C)[C@@H]([C@H](C)CCCC(C)C)CC[C@H]3[C@@H]2CC)CC1. The number of morpholine rings is 1. The summed E-state index contributed by atoms with van der Waals surface area (Å²) < 4.78 is 41.9. The van der Waals surface area contributed by atoms with Gasteiger partial charge in [0.1, 0.15) is 0 Å². The minimum absolute atomic E-state index is 0.0438. The Balaban J connectivity index is 0.959. The first-order valence-electron chi connectivity index (χ1n) is 29.3. The van der Waals surface area contributed by atoms with E-state index in [1.54, 1.807) is 0 Å². The molecule has 3 aliphatic carbocycles. The van der Waals surface area contributed by atoms with Crippen LogP contribution in [0.4, 0.5) is 0 Å². The molecule has 8 nitrogen and oxygen atoms in total. The Morgan fingerprint density at radius 3 is 1.90 bits per heavy atom. The number of rotatable bonds is 40. The first kappa shape index (κ1) is 59.7. The molecule has 0 aromatic carbocycles. The van der Waals surface area contributed by atoms with Gasteiger partial charge in [-0.2, -0.15) is 0 Å². The Morgan fingerprint density at radius 2 is 1.24 bits per heavy atom. The largest absolute Gasteiger partial charge is 0.379 e. The van der Waals surface area contributed by atoms with Gasteiger partial charge in [0.05, 0.1) is 84.9 Å². The van der Waals surface area contributed by atoms with Gasteiger partial charge in [-0.05, 0) is 136 Å². The van der Waals surface area contributed by atoms with E-state index in [0.29, 0.717) is 76.4 Å². The predicted molar refractivity (Wildman–Crippen MR) is 285 cm³/mol. The highest BCUT2D eigenvalue weighted by Gasteiger charge is 2.57.